The largest absolute Gasteiger partial charge is 0.380 e. The van der Waals surface area contributed by atoms with Crippen LogP contribution in [-0.2, 0) is 13.0 Å². The third-order valence-electron chi connectivity index (χ3n) is 6.67. The third-order valence-corrected chi connectivity index (χ3v) is 6.67. The molecule has 1 aromatic heterocycles. The fourth-order valence-electron chi connectivity index (χ4n) is 4.87. The summed E-state index contributed by atoms with van der Waals surface area (Å²) in [4.78, 5) is 7.77. The number of anilines is 1. The van der Waals surface area contributed by atoms with Crippen molar-refractivity contribution in [3.05, 3.63) is 65.1 Å². The lowest BCUT2D eigenvalue weighted by Gasteiger charge is -2.40. The van der Waals surface area contributed by atoms with Crippen molar-refractivity contribution in [2.45, 2.75) is 45.3 Å². The number of fused-ring (bicyclic) bond motifs is 3. The Morgan fingerprint density at radius 2 is 1.82 bits per heavy atom. The van der Waals surface area contributed by atoms with Crippen LogP contribution in [0.25, 0.3) is 10.9 Å². The number of likely N-dealkylation sites (tertiary alicyclic amines) is 1. The van der Waals surface area contributed by atoms with Gasteiger partial charge in [-0.05, 0) is 50.1 Å². The van der Waals surface area contributed by atoms with Gasteiger partial charge >= 0.3 is 0 Å². The van der Waals surface area contributed by atoms with Crippen LogP contribution >= 0.6 is 0 Å². The minimum atomic E-state index is -0.582. The number of aromatic amines is 1. The molecule has 184 valence electrons. The van der Waals surface area contributed by atoms with E-state index in [0.717, 1.165) is 50.6 Å². The lowest BCUT2D eigenvalue weighted by atomic mass is 9.98. The fraction of sp³-hybridized carbons (Fsp3) is 0.462. The summed E-state index contributed by atoms with van der Waals surface area (Å²) in [5, 5.41) is 4.11. The molecule has 4 nitrogen and oxygen atoms in total. The maximum absolute atomic E-state index is 13.7. The maximum Gasteiger partial charge on any atom is 0.147 e. The summed E-state index contributed by atoms with van der Waals surface area (Å²) in [5.41, 5.74) is 3.61. The summed E-state index contributed by atoms with van der Waals surface area (Å²) in [6.07, 6.45) is 1.55. The summed E-state index contributed by atoms with van der Waals surface area (Å²) in [7, 11) is 0. The molecule has 8 heteroatoms. The van der Waals surface area contributed by atoms with Gasteiger partial charge in [0.1, 0.15) is 17.5 Å². The van der Waals surface area contributed by atoms with E-state index in [4.69, 9.17) is 0 Å². The number of nitrogens with one attached hydrogen (secondary N) is 2. The highest BCUT2D eigenvalue weighted by Gasteiger charge is 2.26. The van der Waals surface area contributed by atoms with Gasteiger partial charge in [-0.25, -0.2) is 13.2 Å². The first-order valence-electron chi connectivity index (χ1n) is 11.9. The summed E-state index contributed by atoms with van der Waals surface area (Å²) in [5.74, 6) is -1.31. The average Bonchev–Trinajstić information content (AvgIpc) is 3.13. The zero-order valence-electron chi connectivity index (χ0n) is 19.7. The molecule has 1 atom stereocenters. The van der Waals surface area contributed by atoms with Crippen LogP contribution in [-0.4, -0.2) is 59.7 Å². The Balaban J connectivity index is 0.000000161. The van der Waals surface area contributed by atoms with Crippen molar-refractivity contribution in [2.75, 3.05) is 38.2 Å². The predicted octanol–water partition coefficient (Wildman–Crippen LogP) is 5.49. The topological polar surface area (TPSA) is 34.3 Å². The van der Waals surface area contributed by atoms with Gasteiger partial charge in [0.2, 0.25) is 0 Å². The van der Waals surface area contributed by atoms with Gasteiger partial charge in [0.25, 0.3) is 0 Å². The Morgan fingerprint density at radius 3 is 2.50 bits per heavy atom. The molecule has 1 unspecified atom stereocenters. The normalized spacial score (nSPS) is 18.8. The van der Waals surface area contributed by atoms with Crippen molar-refractivity contribution in [1.29, 1.82) is 0 Å². The molecule has 0 bridgehead atoms. The minimum Gasteiger partial charge on any atom is -0.380 e. The second-order valence-electron chi connectivity index (χ2n) is 9.16. The number of para-hydroxylation sites is 1. The number of alkyl halides is 1. The van der Waals surface area contributed by atoms with Gasteiger partial charge in [-0.2, -0.15) is 0 Å². The minimum absolute atomic E-state index is 0.146. The molecule has 34 heavy (non-hydrogen) atoms. The van der Waals surface area contributed by atoms with Crippen molar-refractivity contribution in [3.63, 3.8) is 0 Å². The van der Waals surface area contributed by atoms with E-state index in [1.807, 2.05) is 6.07 Å². The molecule has 0 radical (unpaired) electrons. The first-order chi connectivity index (χ1) is 16.4. The quantitative estimate of drug-likeness (QED) is 0.462. The lowest BCUT2D eigenvalue weighted by molar-refractivity contribution is 0.155. The molecule has 5 rings (SSSR count). The number of hydrogen-bond acceptors (Lipinski definition) is 3. The molecule has 1 fully saturated rings. The predicted molar refractivity (Wildman–Crippen MR) is 128 cm³/mol. The SMILES string of the molecule is CCN1Cc2[nH]c3c(F)cccc3c2CC1C.FCCCN1CC(Nc2cc(F)cc(F)c2)C1. The van der Waals surface area contributed by atoms with Gasteiger partial charge < -0.3 is 10.3 Å². The Kier molecular flexibility index (Phi) is 7.78. The molecule has 2 aliphatic heterocycles. The molecule has 3 aromatic rings. The Hall–Kier alpha value is -2.58. The standard InChI is InChI=1S/C14H17FN2.C12H15F3N2/c1-3-17-8-13-11(7-9(17)2)10-5-4-6-12(15)14(10)16-13;13-2-1-3-17-7-12(8-17)16-11-5-9(14)4-10(15)6-11/h4-6,9,16H,3,7-8H2,1-2H3;4-6,12,16H,1-3,7-8H2. The van der Waals surface area contributed by atoms with Crippen LogP contribution in [0.4, 0.5) is 23.2 Å². The molecule has 1 saturated heterocycles. The average molecular weight is 477 g/mol. The van der Waals surface area contributed by atoms with Gasteiger partial charge in [0.15, 0.2) is 0 Å². The Morgan fingerprint density at radius 1 is 1.09 bits per heavy atom. The van der Waals surface area contributed by atoms with Crippen LogP contribution in [0.1, 0.15) is 31.5 Å². The number of nitrogens with zero attached hydrogens (tertiary/aromatic N) is 2. The second-order valence-corrected chi connectivity index (χ2v) is 9.16. The van der Waals surface area contributed by atoms with Crippen LogP contribution in [0.15, 0.2) is 36.4 Å². The molecule has 0 saturated carbocycles. The highest BCUT2D eigenvalue weighted by molar-refractivity contribution is 5.85. The van der Waals surface area contributed by atoms with Crippen LogP contribution in [0, 0.1) is 17.5 Å². The summed E-state index contributed by atoms with van der Waals surface area (Å²) >= 11 is 0. The Labute approximate surface area is 197 Å². The van der Waals surface area contributed by atoms with Crippen LogP contribution in [0.5, 0.6) is 0 Å². The fourth-order valence-corrected chi connectivity index (χ4v) is 4.87. The highest BCUT2D eigenvalue weighted by atomic mass is 19.1. The summed E-state index contributed by atoms with van der Waals surface area (Å²) in [6, 6.07) is 9.45. The first kappa shape index (κ1) is 24.5. The van der Waals surface area contributed by atoms with Crippen LogP contribution in [0.2, 0.25) is 0 Å². The second kappa shape index (κ2) is 10.8. The van der Waals surface area contributed by atoms with Gasteiger partial charge in [0.05, 0.1) is 18.2 Å². The number of benzene rings is 2. The first-order valence-corrected chi connectivity index (χ1v) is 11.9. The van der Waals surface area contributed by atoms with E-state index in [-0.39, 0.29) is 18.5 Å². The smallest absolute Gasteiger partial charge is 0.147 e. The van der Waals surface area contributed by atoms with E-state index < -0.39 is 11.6 Å². The molecule has 0 aliphatic carbocycles. The van der Waals surface area contributed by atoms with Crippen LogP contribution < -0.4 is 5.32 Å². The number of likely N-dealkylation sites (N-methyl/N-ethyl adjacent to an activating group) is 1. The molecular formula is C26H32F4N4. The Bertz CT molecular complexity index is 1090. The zero-order valence-corrected chi connectivity index (χ0v) is 19.7. The zero-order chi connectivity index (χ0) is 24.2. The molecule has 3 heterocycles. The molecular weight excluding hydrogens is 444 g/mol. The van der Waals surface area contributed by atoms with Crippen molar-refractivity contribution in [1.82, 2.24) is 14.8 Å². The van der Waals surface area contributed by atoms with Crippen LogP contribution in [0.3, 0.4) is 0 Å². The van der Waals surface area contributed by atoms with Crippen molar-refractivity contribution >= 4 is 16.6 Å². The molecule has 2 aromatic carbocycles. The number of rotatable bonds is 6. The van der Waals surface area contributed by atoms with Crippen molar-refractivity contribution in [2.24, 2.45) is 0 Å². The molecule has 2 N–H and O–H groups in total. The highest BCUT2D eigenvalue weighted by Crippen LogP contribution is 2.31. The number of aromatic nitrogens is 1. The third kappa shape index (κ3) is 5.55. The van der Waals surface area contributed by atoms with E-state index in [1.165, 1.54) is 29.5 Å². The number of halogens is 4. The lowest BCUT2D eigenvalue weighted by Crippen LogP contribution is -2.54. The van der Waals surface area contributed by atoms with E-state index in [9.17, 15) is 17.6 Å². The monoisotopic (exact) mass is 476 g/mol. The van der Waals surface area contributed by atoms with Gasteiger partial charge in [-0.15, -0.1) is 0 Å². The van der Waals surface area contributed by atoms with Gasteiger partial charge in [-0.1, -0.05) is 19.1 Å². The summed E-state index contributed by atoms with van der Waals surface area (Å²) in [6.45, 7) is 8.38. The molecule has 2 aliphatic rings. The van der Waals surface area contributed by atoms with Gasteiger partial charge in [-0.3, -0.25) is 14.2 Å². The number of H-pyrrole nitrogens is 1. The van der Waals surface area contributed by atoms with Gasteiger partial charge in [0, 0.05) is 55.1 Å². The number of hydrogen-bond donors (Lipinski definition) is 2. The molecule has 0 spiro atoms. The van der Waals surface area contributed by atoms with E-state index in [1.54, 1.807) is 6.07 Å². The van der Waals surface area contributed by atoms with E-state index >= 15 is 0 Å². The van der Waals surface area contributed by atoms with Crippen molar-refractivity contribution in [3.8, 4) is 0 Å². The summed E-state index contributed by atoms with van der Waals surface area (Å²) < 4.78 is 51.4. The van der Waals surface area contributed by atoms with E-state index in [2.05, 4.69) is 33.9 Å². The van der Waals surface area contributed by atoms with E-state index in [0.29, 0.717) is 23.7 Å². The van der Waals surface area contributed by atoms with Crippen molar-refractivity contribution < 1.29 is 17.6 Å². The molecule has 0 amide bonds. The maximum atomic E-state index is 13.7.